The van der Waals surface area contributed by atoms with Crippen LogP contribution in [0, 0.1) is 5.92 Å². The van der Waals surface area contributed by atoms with E-state index in [1.54, 1.807) is 12.3 Å². The fraction of sp³-hybridized carbons (Fsp3) is 0.421. The molecule has 2 aromatic heterocycles. The van der Waals surface area contributed by atoms with Crippen LogP contribution in [0.5, 0.6) is 0 Å². The molecule has 24 heavy (non-hydrogen) atoms. The van der Waals surface area contributed by atoms with Gasteiger partial charge >= 0.3 is 0 Å². The fourth-order valence-corrected chi connectivity index (χ4v) is 2.81. The van der Waals surface area contributed by atoms with Crippen molar-refractivity contribution in [2.75, 3.05) is 20.6 Å². The Kier molecular flexibility index (Phi) is 4.90. The van der Waals surface area contributed by atoms with Gasteiger partial charge in [-0.2, -0.15) is 0 Å². The molecule has 2 aromatic rings. The summed E-state index contributed by atoms with van der Waals surface area (Å²) in [5.41, 5.74) is 0. The Labute approximate surface area is 142 Å². The van der Waals surface area contributed by atoms with E-state index in [1.165, 1.54) is 12.5 Å². The normalized spacial score (nSPS) is 21.3. The Hall–Kier alpha value is -2.27. The first-order valence-corrected chi connectivity index (χ1v) is 8.30. The van der Waals surface area contributed by atoms with E-state index < -0.39 is 0 Å². The van der Waals surface area contributed by atoms with E-state index in [0.717, 1.165) is 17.3 Å². The number of rotatable bonds is 7. The number of amides is 1. The van der Waals surface area contributed by atoms with E-state index >= 15 is 0 Å². The van der Waals surface area contributed by atoms with Crippen molar-refractivity contribution in [2.24, 2.45) is 5.92 Å². The molecule has 0 saturated heterocycles. The summed E-state index contributed by atoms with van der Waals surface area (Å²) in [5.74, 6) is 3.68. The topological polar surface area (TPSA) is 58.6 Å². The summed E-state index contributed by atoms with van der Waals surface area (Å²) in [6.45, 7) is 2.70. The third kappa shape index (κ3) is 3.97. The fourth-order valence-electron chi connectivity index (χ4n) is 2.81. The van der Waals surface area contributed by atoms with Crippen molar-refractivity contribution in [3.63, 3.8) is 0 Å². The van der Waals surface area contributed by atoms with Crippen LogP contribution < -0.4 is 5.32 Å². The van der Waals surface area contributed by atoms with Crippen molar-refractivity contribution in [2.45, 2.75) is 25.3 Å². The van der Waals surface area contributed by atoms with Gasteiger partial charge in [-0.15, -0.1) is 0 Å². The Balaban J connectivity index is 1.52. The third-order valence-electron chi connectivity index (χ3n) is 4.49. The maximum Gasteiger partial charge on any atom is 0.244 e. The molecule has 0 spiro atoms. The van der Waals surface area contributed by atoms with Gasteiger partial charge in [0.15, 0.2) is 0 Å². The molecule has 1 saturated carbocycles. The van der Waals surface area contributed by atoms with Gasteiger partial charge < -0.3 is 14.2 Å². The number of carbonyl (C=O) groups is 1. The molecule has 1 N–H and O–H groups in total. The molecule has 0 aliphatic heterocycles. The summed E-state index contributed by atoms with van der Waals surface area (Å²) in [6, 6.07) is 7.68. The van der Waals surface area contributed by atoms with Crippen LogP contribution in [0.2, 0.25) is 0 Å². The molecule has 1 amide bonds. The number of hydrogen-bond donors (Lipinski definition) is 1. The van der Waals surface area contributed by atoms with Crippen LogP contribution in [0.4, 0.5) is 0 Å². The van der Waals surface area contributed by atoms with Gasteiger partial charge in [0.25, 0.3) is 0 Å². The lowest BCUT2D eigenvalue weighted by molar-refractivity contribution is -0.116. The Bertz CT molecular complexity index is 700. The van der Waals surface area contributed by atoms with Crippen LogP contribution in [0.1, 0.15) is 42.6 Å². The second-order valence-electron chi connectivity index (χ2n) is 6.63. The highest BCUT2D eigenvalue weighted by Crippen LogP contribution is 2.47. The zero-order valence-electron chi connectivity index (χ0n) is 14.4. The quantitative estimate of drug-likeness (QED) is 0.791. The number of nitrogens with zero attached hydrogens (tertiary/aromatic N) is 1. The van der Waals surface area contributed by atoms with Gasteiger partial charge in [0.05, 0.1) is 12.3 Å². The Morgan fingerprint density at radius 3 is 2.83 bits per heavy atom. The molecule has 5 heteroatoms. The Morgan fingerprint density at radius 2 is 2.21 bits per heavy atom. The summed E-state index contributed by atoms with van der Waals surface area (Å²) < 4.78 is 11.2. The van der Waals surface area contributed by atoms with Crippen molar-refractivity contribution in [3.05, 3.63) is 53.9 Å². The maximum absolute atomic E-state index is 12.0. The zero-order chi connectivity index (χ0) is 17.1. The first kappa shape index (κ1) is 16.6. The standard InChI is InChI=1S/C19H24N2O3/c1-13-11-15(13)17-8-6-14(24-17)7-9-19(22)20-12-16(21(2)3)18-5-4-10-23-18/h4-10,13,15-16H,11-12H2,1-3H3,(H,20,22)/b9-7+. The predicted octanol–water partition coefficient (Wildman–Crippen LogP) is 3.43. The molecule has 1 fully saturated rings. The largest absolute Gasteiger partial charge is 0.468 e. The van der Waals surface area contributed by atoms with Crippen molar-refractivity contribution >= 4 is 12.0 Å². The van der Waals surface area contributed by atoms with Gasteiger partial charge in [-0.1, -0.05) is 6.92 Å². The molecule has 3 atom stereocenters. The highest BCUT2D eigenvalue weighted by molar-refractivity contribution is 5.91. The lowest BCUT2D eigenvalue weighted by Crippen LogP contribution is -2.33. The molecule has 3 unspecified atom stereocenters. The molecule has 1 aliphatic carbocycles. The molecule has 128 valence electrons. The summed E-state index contributed by atoms with van der Waals surface area (Å²) in [5, 5.41) is 2.90. The average Bonchev–Trinajstić information content (AvgIpc) is 2.99. The second kappa shape index (κ2) is 7.09. The van der Waals surface area contributed by atoms with E-state index in [0.29, 0.717) is 18.4 Å². The molecule has 3 rings (SSSR count). The highest BCUT2D eigenvalue weighted by Gasteiger charge is 2.36. The molecule has 0 bridgehead atoms. The molecule has 5 nitrogen and oxygen atoms in total. The summed E-state index contributed by atoms with van der Waals surface area (Å²) >= 11 is 0. The molecular formula is C19H24N2O3. The molecule has 1 aliphatic rings. The van der Waals surface area contributed by atoms with Crippen molar-refractivity contribution < 1.29 is 13.6 Å². The number of furan rings is 2. The van der Waals surface area contributed by atoms with Crippen LogP contribution in [0.15, 0.2) is 45.4 Å². The lowest BCUT2D eigenvalue weighted by atomic mass is 10.2. The van der Waals surface area contributed by atoms with Crippen LogP contribution in [0.3, 0.4) is 0 Å². The monoisotopic (exact) mass is 328 g/mol. The van der Waals surface area contributed by atoms with Crippen LogP contribution in [-0.4, -0.2) is 31.4 Å². The van der Waals surface area contributed by atoms with Crippen LogP contribution in [-0.2, 0) is 4.79 Å². The van der Waals surface area contributed by atoms with E-state index in [4.69, 9.17) is 8.83 Å². The maximum atomic E-state index is 12.0. The number of nitrogens with one attached hydrogen (secondary N) is 1. The number of carbonyl (C=O) groups excluding carboxylic acids is 1. The molecule has 2 heterocycles. The van der Waals surface area contributed by atoms with Crippen molar-refractivity contribution in [1.29, 1.82) is 0 Å². The lowest BCUT2D eigenvalue weighted by Gasteiger charge is -2.22. The minimum Gasteiger partial charge on any atom is -0.468 e. The van der Waals surface area contributed by atoms with Gasteiger partial charge in [0.2, 0.25) is 5.91 Å². The first-order valence-electron chi connectivity index (χ1n) is 8.30. The van der Waals surface area contributed by atoms with Crippen molar-refractivity contribution in [1.82, 2.24) is 10.2 Å². The minimum absolute atomic E-state index is 0.00363. The number of hydrogen-bond acceptors (Lipinski definition) is 4. The predicted molar refractivity (Wildman–Crippen MR) is 92.4 cm³/mol. The van der Waals surface area contributed by atoms with Gasteiger partial charge in [-0.25, -0.2) is 0 Å². The summed E-state index contributed by atoms with van der Waals surface area (Å²) in [7, 11) is 3.91. The minimum atomic E-state index is -0.147. The SMILES string of the molecule is CC1CC1c1ccc(/C=C/C(=O)NCC(c2ccco2)N(C)C)o1. The summed E-state index contributed by atoms with van der Waals surface area (Å²) in [6.07, 6.45) is 6.05. The van der Waals surface area contributed by atoms with E-state index in [-0.39, 0.29) is 11.9 Å². The average molecular weight is 328 g/mol. The zero-order valence-corrected chi connectivity index (χ0v) is 14.4. The third-order valence-corrected chi connectivity index (χ3v) is 4.49. The molecule has 0 radical (unpaired) electrons. The smallest absolute Gasteiger partial charge is 0.244 e. The Morgan fingerprint density at radius 1 is 1.42 bits per heavy atom. The molecular weight excluding hydrogens is 304 g/mol. The first-order chi connectivity index (χ1) is 11.5. The van der Waals surface area contributed by atoms with Gasteiger partial charge in [0, 0.05) is 18.5 Å². The summed E-state index contributed by atoms with van der Waals surface area (Å²) in [4.78, 5) is 14.0. The van der Waals surface area contributed by atoms with Crippen molar-refractivity contribution in [3.8, 4) is 0 Å². The van der Waals surface area contributed by atoms with Crippen LogP contribution in [0.25, 0.3) is 6.08 Å². The van der Waals surface area contributed by atoms with E-state index in [2.05, 4.69) is 12.2 Å². The number of likely N-dealkylation sites (N-methyl/N-ethyl adjacent to an activating group) is 1. The van der Waals surface area contributed by atoms with Gasteiger partial charge in [-0.05, 0) is 56.8 Å². The van der Waals surface area contributed by atoms with Gasteiger partial charge in [-0.3, -0.25) is 9.69 Å². The van der Waals surface area contributed by atoms with Crippen LogP contribution >= 0.6 is 0 Å². The van der Waals surface area contributed by atoms with E-state index in [1.807, 2.05) is 43.3 Å². The second-order valence-corrected chi connectivity index (χ2v) is 6.63. The van der Waals surface area contributed by atoms with Gasteiger partial charge in [0.1, 0.15) is 17.3 Å². The highest BCUT2D eigenvalue weighted by atomic mass is 16.3. The molecule has 0 aromatic carbocycles. The van der Waals surface area contributed by atoms with E-state index in [9.17, 15) is 4.79 Å².